The highest BCUT2D eigenvalue weighted by atomic mass is 16.5. The number of nitrogens with zero attached hydrogens (tertiary/aromatic N) is 3. The lowest BCUT2D eigenvalue weighted by atomic mass is 9.81. The van der Waals surface area contributed by atoms with Gasteiger partial charge in [-0.3, -0.25) is 9.88 Å². The molecule has 0 saturated carbocycles. The molecule has 3 heterocycles. The van der Waals surface area contributed by atoms with E-state index in [4.69, 9.17) is 9.72 Å². The van der Waals surface area contributed by atoms with Crippen LogP contribution in [0.2, 0.25) is 0 Å². The average Bonchev–Trinajstić information content (AvgIpc) is 3.02. The van der Waals surface area contributed by atoms with Crippen molar-refractivity contribution in [2.24, 2.45) is 11.3 Å². The van der Waals surface area contributed by atoms with Crippen molar-refractivity contribution in [1.29, 1.82) is 0 Å². The molecule has 0 unspecified atom stereocenters. The zero-order valence-corrected chi connectivity index (χ0v) is 14.0. The molecule has 0 amide bonds. The monoisotopic (exact) mass is 311 g/mol. The lowest BCUT2D eigenvalue weighted by Crippen LogP contribution is -2.40. The Morgan fingerprint density at radius 1 is 1.26 bits per heavy atom. The summed E-state index contributed by atoms with van der Waals surface area (Å²) in [5, 5.41) is 1.21. The number of ether oxygens (including phenoxy) is 1. The molecule has 0 aliphatic carbocycles. The van der Waals surface area contributed by atoms with Crippen LogP contribution in [0, 0.1) is 11.3 Å². The van der Waals surface area contributed by atoms with Crippen LogP contribution in [0.1, 0.15) is 5.69 Å². The molecule has 0 bridgehead atoms. The number of para-hydroxylation sites is 1. The summed E-state index contributed by atoms with van der Waals surface area (Å²) in [5.74, 6) is 0.658. The third-order valence-electron chi connectivity index (χ3n) is 5.26. The van der Waals surface area contributed by atoms with Gasteiger partial charge in [0.2, 0.25) is 0 Å². The maximum absolute atomic E-state index is 5.80. The largest absolute Gasteiger partial charge is 0.380 e. The number of likely N-dealkylation sites (tertiary alicyclic amines) is 1. The van der Waals surface area contributed by atoms with Gasteiger partial charge in [0.1, 0.15) is 0 Å². The Hall–Kier alpha value is -1.49. The van der Waals surface area contributed by atoms with Crippen LogP contribution in [0.25, 0.3) is 10.9 Å². The lowest BCUT2D eigenvalue weighted by molar-refractivity contribution is 0.109. The second-order valence-corrected chi connectivity index (χ2v) is 7.48. The second-order valence-electron chi connectivity index (χ2n) is 7.48. The Bertz CT molecular complexity index is 702. The van der Waals surface area contributed by atoms with Crippen LogP contribution >= 0.6 is 0 Å². The van der Waals surface area contributed by atoms with Crippen LogP contribution in [0.15, 0.2) is 36.4 Å². The fraction of sp³-hybridized carbons (Fsp3) is 0.526. The molecule has 1 aromatic carbocycles. The van der Waals surface area contributed by atoms with E-state index in [1.165, 1.54) is 11.1 Å². The summed E-state index contributed by atoms with van der Waals surface area (Å²) in [4.78, 5) is 9.70. The molecule has 2 fully saturated rings. The predicted molar refractivity (Wildman–Crippen MR) is 92.3 cm³/mol. The molecular formula is C19H25N3O. The Morgan fingerprint density at radius 2 is 2.13 bits per heavy atom. The van der Waals surface area contributed by atoms with Crippen molar-refractivity contribution in [3.05, 3.63) is 42.1 Å². The fourth-order valence-electron chi connectivity index (χ4n) is 4.34. The Kier molecular flexibility index (Phi) is 3.84. The van der Waals surface area contributed by atoms with Gasteiger partial charge in [0.05, 0.1) is 24.4 Å². The van der Waals surface area contributed by atoms with Gasteiger partial charge in [-0.2, -0.15) is 0 Å². The SMILES string of the molecule is CN(C)C[C@]12COC[C@H]1CN(Cc1ccc3ccccc3n1)C2. The van der Waals surface area contributed by atoms with E-state index in [0.29, 0.717) is 11.3 Å². The summed E-state index contributed by atoms with van der Waals surface area (Å²) in [7, 11) is 4.33. The van der Waals surface area contributed by atoms with Crippen LogP contribution < -0.4 is 0 Å². The predicted octanol–water partition coefficient (Wildman–Crippen LogP) is 2.24. The Morgan fingerprint density at radius 3 is 3.00 bits per heavy atom. The third kappa shape index (κ3) is 2.87. The van der Waals surface area contributed by atoms with Gasteiger partial charge >= 0.3 is 0 Å². The van der Waals surface area contributed by atoms with Crippen molar-refractivity contribution in [3.8, 4) is 0 Å². The third-order valence-corrected chi connectivity index (χ3v) is 5.26. The lowest BCUT2D eigenvalue weighted by Gasteiger charge is -2.30. The van der Waals surface area contributed by atoms with Gasteiger partial charge in [0.15, 0.2) is 0 Å². The smallest absolute Gasteiger partial charge is 0.0705 e. The zero-order chi connectivity index (χ0) is 15.9. The minimum absolute atomic E-state index is 0.306. The molecule has 0 radical (unpaired) electrons. The van der Waals surface area contributed by atoms with E-state index in [-0.39, 0.29) is 0 Å². The second kappa shape index (κ2) is 5.86. The summed E-state index contributed by atoms with van der Waals surface area (Å²) in [6, 6.07) is 12.7. The first-order valence-corrected chi connectivity index (χ1v) is 8.44. The van der Waals surface area contributed by atoms with Crippen molar-refractivity contribution >= 4 is 10.9 Å². The molecule has 23 heavy (non-hydrogen) atoms. The van der Waals surface area contributed by atoms with Gasteiger partial charge in [0.25, 0.3) is 0 Å². The van der Waals surface area contributed by atoms with E-state index in [0.717, 1.165) is 44.9 Å². The molecule has 0 N–H and O–H groups in total. The fourth-order valence-corrected chi connectivity index (χ4v) is 4.34. The zero-order valence-electron chi connectivity index (χ0n) is 14.0. The summed E-state index contributed by atoms with van der Waals surface area (Å²) in [6.07, 6.45) is 0. The minimum atomic E-state index is 0.306. The minimum Gasteiger partial charge on any atom is -0.380 e. The van der Waals surface area contributed by atoms with Crippen LogP contribution in [0.5, 0.6) is 0 Å². The van der Waals surface area contributed by atoms with Crippen molar-refractivity contribution in [1.82, 2.24) is 14.8 Å². The highest BCUT2D eigenvalue weighted by Gasteiger charge is 2.50. The van der Waals surface area contributed by atoms with Gasteiger partial charge in [-0.15, -0.1) is 0 Å². The van der Waals surface area contributed by atoms with Gasteiger partial charge in [-0.25, -0.2) is 0 Å². The van der Waals surface area contributed by atoms with Crippen LogP contribution in [0.3, 0.4) is 0 Å². The van der Waals surface area contributed by atoms with E-state index in [9.17, 15) is 0 Å². The van der Waals surface area contributed by atoms with Crippen molar-refractivity contribution in [3.63, 3.8) is 0 Å². The van der Waals surface area contributed by atoms with E-state index in [2.05, 4.69) is 60.3 Å². The van der Waals surface area contributed by atoms with Crippen LogP contribution in [0.4, 0.5) is 0 Å². The molecule has 2 atom stereocenters. The molecule has 2 aromatic rings. The number of pyridine rings is 1. The Balaban J connectivity index is 1.51. The molecule has 1 aromatic heterocycles. The van der Waals surface area contributed by atoms with E-state index in [1.54, 1.807) is 0 Å². The highest BCUT2D eigenvalue weighted by molar-refractivity contribution is 5.78. The van der Waals surface area contributed by atoms with Crippen molar-refractivity contribution in [2.75, 3.05) is 46.9 Å². The number of aromatic nitrogens is 1. The van der Waals surface area contributed by atoms with Crippen molar-refractivity contribution < 1.29 is 4.74 Å². The number of hydrogen-bond donors (Lipinski definition) is 0. The maximum Gasteiger partial charge on any atom is 0.0705 e. The molecule has 2 aliphatic heterocycles. The first-order chi connectivity index (χ1) is 11.1. The first kappa shape index (κ1) is 15.1. The van der Waals surface area contributed by atoms with E-state index >= 15 is 0 Å². The van der Waals surface area contributed by atoms with Crippen molar-refractivity contribution in [2.45, 2.75) is 6.54 Å². The van der Waals surface area contributed by atoms with E-state index < -0.39 is 0 Å². The number of fused-ring (bicyclic) bond motifs is 2. The molecule has 4 nitrogen and oxygen atoms in total. The van der Waals surface area contributed by atoms with Gasteiger partial charge < -0.3 is 9.64 Å². The molecule has 2 saturated heterocycles. The molecular weight excluding hydrogens is 286 g/mol. The first-order valence-electron chi connectivity index (χ1n) is 8.44. The maximum atomic E-state index is 5.80. The molecule has 0 spiro atoms. The van der Waals surface area contributed by atoms with Crippen LogP contribution in [-0.4, -0.2) is 61.7 Å². The summed E-state index contributed by atoms with van der Waals surface area (Å²) in [6.45, 7) is 6.11. The molecule has 122 valence electrons. The average molecular weight is 311 g/mol. The summed E-state index contributed by atoms with van der Waals surface area (Å²) < 4.78 is 5.80. The standard InChI is InChI=1S/C19H25N3O/c1-21(2)12-19-13-22(9-16(19)11-23-14-19)10-17-8-7-15-5-3-4-6-18(15)20-17/h3-8,16H,9-14H2,1-2H3/t16-,19+/m1/s1. The molecule has 4 heteroatoms. The summed E-state index contributed by atoms with van der Waals surface area (Å²) >= 11 is 0. The van der Waals surface area contributed by atoms with Gasteiger partial charge in [-0.1, -0.05) is 24.3 Å². The number of hydrogen-bond acceptors (Lipinski definition) is 4. The van der Waals surface area contributed by atoms with Gasteiger partial charge in [0, 0.05) is 42.9 Å². The molecule has 2 aliphatic rings. The normalized spacial score (nSPS) is 27.9. The highest BCUT2D eigenvalue weighted by Crippen LogP contribution is 2.42. The Labute approximate surface area is 138 Å². The van der Waals surface area contributed by atoms with Gasteiger partial charge in [-0.05, 0) is 26.2 Å². The topological polar surface area (TPSA) is 28.6 Å². The van der Waals surface area contributed by atoms with Crippen LogP contribution in [-0.2, 0) is 11.3 Å². The number of rotatable bonds is 4. The summed E-state index contributed by atoms with van der Waals surface area (Å²) in [5.41, 5.74) is 2.57. The number of benzene rings is 1. The quantitative estimate of drug-likeness (QED) is 0.866. The van der Waals surface area contributed by atoms with E-state index in [1.807, 2.05) is 0 Å². The molecule has 4 rings (SSSR count).